The molecule has 2 aromatic carbocycles. The lowest BCUT2D eigenvalue weighted by molar-refractivity contribution is -0.123. The van der Waals surface area contributed by atoms with E-state index in [1.807, 2.05) is 46.7 Å². The van der Waals surface area contributed by atoms with Gasteiger partial charge in [-0.2, -0.15) is 0 Å². The van der Waals surface area contributed by atoms with Crippen molar-refractivity contribution >= 4 is 22.9 Å². The Labute approximate surface area is 187 Å². The number of thiophene rings is 1. The van der Waals surface area contributed by atoms with Crippen molar-refractivity contribution in [1.82, 2.24) is 4.90 Å². The van der Waals surface area contributed by atoms with Crippen LogP contribution in [0.3, 0.4) is 0 Å². The standard InChI is InChI=1S/C25H28N2O3S/c1-29-22-11-9-21(10-12-22)27(19-24-8-5-15-31-24)25(28)16-23-18-26(13-14-30-23)17-20-6-3-2-4-7-20/h2-12,15,23H,13-14,16-19H2,1H3. The van der Waals surface area contributed by atoms with Gasteiger partial charge in [0.25, 0.3) is 0 Å². The fraction of sp³-hybridized carbons (Fsp3) is 0.320. The van der Waals surface area contributed by atoms with Crippen molar-refractivity contribution in [3.8, 4) is 5.75 Å². The summed E-state index contributed by atoms with van der Waals surface area (Å²) in [5.74, 6) is 0.851. The zero-order valence-electron chi connectivity index (χ0n) is 17.8. The Bertz CT molecular complexity index is 945. The molecule has 0 spiro atoms. The van der Waals surface area contributed by atoms with Gasteiger partial charge in [0.1, 0.15) is 5.75 Å². The molecule has 1 aromatic heterocycles. The van der Waals surface area contributed by atoms with E-state index in [4.69, 9.17) is 9.47 Å². The predicted octanol–water partition coefficient (Wildman–Crippen LogP) is 4.58. The molecule has 0 saturated carbocycles. The van der Waals surface area contributed by atoms with Crippen molar-refractivity contribution < 1.29 is 14.3 Å². The first-order valence-electron chi connectivity index (χ1n) is 10.6. The average Bonchev–Trinajstić information content (AvgIpc) is 3.32. The van der Waals surface area contributed by atoms with Gasteiger partial charge >= 0.3 is 0 Å². The Balaban J connectivity index is 1.43. The minimum atomic E-state index is -0.103. The Morgan fingerprint density at radius 2 is 1.94 bits per heavy atom. The Kier molecular flexibility index (Phi) is 7.35. The monoisotopic (exact) mass is 436 g/mol. The van der Waals surface area contributed by atoms with Gasteiger partial charge in [-0.1, -0.05) is 36.4 Å². The topological polar surface area (TPSA) is 42.0 Å². The van der Waals surface area contributed by atoms with Crippen LogP contribution >= 0.6 is 11.3 Å². The van der Waals surface area contributed by atoms with Gasteiger partial charge in [-0.3, -0.25) is 9.69 Å². The van der Waals surface area contributed by atoms with Crippen molar-refractivity contribution in [3.63, 3.8) is 0 Å². The molecule has 0 radical (unpaired) electrons. The molecule has 1 amide bonds. The zero-order chi connectivity index (χ0) is 21.5. The third-order valence-electron chi connectivity index (χ3n) is 5.45. The molecule has 1 aliphatic rings. The number of rotatable bonds is 8. The summed E-state index contributed by atoms with van der Waals surface area (Å²) < 4.78 is 11.2. The van der Waals surface area contributed by atoms with Crippen LogP contribution in [0.5, 0.6) is 5.75 Å². The number of carbonyl (C=O) groups is 1. The number of benzene rings is 2. The summed E-state index contributed by atoms with van der Waals surface area (Å²) in [6.45, 7) is 3.74. The largest absolute Gasteiger partial charge is 0.497 e. The Morgan fingerprint density at radius 1 is 1.13 bits per heavy atom. The van der Waals surface area contributed by atoms with Gasteiger partial charge in [0, 0.05) is 30.2 Å². The van der Waals surface area contributed by atoms with Gasteiger partial charge in [0.2, 0.25) is 5.91 Å². The molecular weight excluding hydrogens is 408 g/mol. The minimum absolute atomic E-state index is 0.0742. The van der Waals surface area contributed by atoms with Gasteiger partial charge in [0.05, 0.1) is 32.8 Å². The summed E-state index contributed by atoms with van der Waals surface area (Å²) in [4.78, 5) is 18.7. The highest BCUT2D eigenvalue weighted by atomic mass is 32.1. The maximum Gasteiger partial charge on any atom is 0.229 e. The summed E-state index contributed by atoms with van der Waals surface area (Å²) in [5.41, 5.74) is 2.16. The van der Waals surface area contributed by atoms with E-state index in [1.54, 1.807) is 18.4 Å². The molecule has 0 aliphatic carbocycles. The number of ether oxygens (including phenoxy) is 2. The number of nitrogens with zero attached hydrogens (tertiary/aromatic N) is 2. The highest BCUT2D eigenvalue weighted by Gasteiger charge is 2.26. The molecule has 162 valence electrons. The Hall–Kier alpha value is -2.67. The molecule has 1 aliphatic heterocycles. The fourth-order valence-corrected chi connectivity index (χ4v) is 4.53. The number of anilines is 1. The van der Waals surface area contributed by atoms with Gasteiger partial charge in [-0.15, -0.1) is 11.3 Å². The maximum absolute atomic E-state index is 13.4. The summed E-state index contributed by atoms with van der Waals surface area (Å²) in [7, 11) is 1.64. The molecule has 4 rings (SSSR count). The smallest absolute Gasteiger partial charge is 0.229 e. The molecule has 3 aromatic rings. The number of hydrogen-bond donors (Lipinski definition) is 0. The zero-order valence-corrected chi connectivity index (χ0v) is 18.6. The number of amides is 1. The van der Waals surface area contributed by atoms with Crippen molar-refractivity contribution in [2.45, 2.75) is 25.6 Å². The van der Waals surface area contributed by atoms with E-state index in [0.29, 0.717) is 19.6 Å². The van der Waals surface area contributed by atoms with Crippen LogP contribution in [0.4, 0.5) is 5.69 Å². The lowest BCUT2D eigenvalue weighted by Crippen LogP contribution is -2.44. The van der Waals surface area contributed by atoms with E-state index >= 15 is 0 Å². The molecule has 6 heteroatoms. The molecule has 1 unspecified atom stereocenters. The van der Waals surface area contributed by atoms with Crippen molar-refractivity contribution in [2.75, 3.05) is 31.7 Å². The number of morpholine rings is 1. The van der Waals surface area contributed by atoms with E-state index in [2.05, 4.69) is 35.2 Å². The van der Waals surface area contributed by atoms with E-state index in [-0.39, 0.29) is 12.0 Å². The normalized spacial score (nSPS) is 16.7. The quantitative estimate of drug-likeness (QED) is 0.518. The summed E-state index contributed by atoms with van der Waals surface area (Å²) in [6, 6.07) is 22.2. The lowest BCUT2D eigenvalue weighted by Gasteiger charge is -2.34. The second-order valence-corrected chi connectivity index (χ2v) is 8.71. The molecule has 0 bridgehead atoms. The minimum Gasteiger partial charge on any atom is -0.497 e. The summed E-state index contributed by atoms with van der Waals surface area (Å²) >= 11 is 1.66. The van der Waals surface area contributed by atoms with Crippen LogP contribution < -0.4 is 9.64 Å². The van der Waals surface area contributed by atoms with Crippen LogP contribution in [0.2, 0.25) is 0 Å². The van der Waals surface area contributed by atoms with Crippen molar-refractivity contribution in [2.24, 2.45) is 0 Å². The van der Waals surface area contributed by atoms with E-state index in [9.17, 15) is 4.79 Å². The highest BCUT2D eigenvalue weighted by molar-refractivity contribution is 7.09. The molecule has 0 N–H and O–H groups in total. The molecule has 1 atom stereocenters. The lowest BCUT2D eigenvalue weighted by atomic mass is 10.1. The third kappa shape index (κ3) is 5.94. The first kappa shape index (κ1) is 21.6. The maximum atomic E-state index is 13.4. The van der Waals surface area contributed by atoms with Gasteiger partial charge in [-0.25, -0.2) is 0 Å². The molecule has 2 heterocycles. The van der Waals surface area contributed by atoms with Gasteiger partial charge in [0.15, 0.2) is 0 Å². The second-order valence-electron chi connectivity index (χ2n) is 7.67. The van der Waals surface area contributed by atoms with Gasteiger partial charge < -0.3 is 14.4 Å². The van der Waals surface area contributed by atoms with Crippen LogP contribution in [0.25, 0.3) is 0 Å². The predicted molar refractivity (Wildman–Crippen MR) is 125 cm³/mol. The SMILES string of the molecule is COc1ccc(N(Cc2cccs2)C(=O)CC2CN(Cc3ccccc3)CCO2)cc1. The summed E-state index contributed by atoms with van der Waals surface area (Å²) in [5, 5.41) is 2.04. The average molecular weight is 437 g/mol. The van der Waals surface area contributed by atoms with E-state index in [1.165, 1.54) is 5.56 Å². The third-order valence-corrected chi connectivity index (χ3v) is 6.31. The number of hydrogen-bond acceptors (Lipinski definition) is 5. The van der Waals surface area contributed by atoms with E-state index < -0.39 is 0 Å². The molecule has 1 saturated heterocycles. The Morgan fingerprint density at radius 3 is 2.65 bits per heavy atom. The summed E-state index contributed by atoms with van der Waals surface area (Å²) in [6.07, 6.45) is 0.261. The highest BCUT2D eigenvalue weighted by Crippen LogP contribution is 2.24. The van der Waals surface area contributed by atoms with Crippen LogP contribution in [0.1, 0.15) is 16.9 Å². The first-order chi connectivity index (χ1) is 15.2. The van der Waals surface area contributed by atoms with Crippen LogP contribution in [-0.4, -0.2) is 43.7 Å². The molecular formula is C25H28N2O3S. The molecule has 1 fully saturated rings. The number of carbonyl (C=O) groups excluding carboxylic acids is 1. The van der Waals surface area contributed by atoms with Crippen molar-refractivity contribution in [3.05, 3.63) is 82.6 Å². The van der Waals surface area contributed by atoms with Crippen LogP contribution in [-0.2, 0) is 22.6 Å². The van der Waals surface area contributed by atoms with Crippen LogP contribution in [0.15, 0.2) is 72.1 Å². The molecule has 31 heavy (non-hydrogen) atoms. The van der Waals surface area contributed by atoms with Crippen LogP contribution in [0, 0.1) is 0 Å². The molecule has 5 nitrogen and oxygen atoms in total. The first-order valence-corrected chi connectivity index (χ1v) is 11.4. The second kappa shape index (κ2) is 10.6. The van der Waals surface area contributed by atoms with Crippen molar-refractivity contribution in [1.29, 1.82) is 0 Å². The number of methoxy groups -OCH3 is 1. The fourth-order valence-electron chi connectivity index (χ4n) is 3.84. The van der Waals surface area contributed by atoms with E-state index in [0.717, 1.165) is 35.9 Å². The van der Waals surface area contributed by atoms with Gasteiger partial charge in [-0.05, 0) is 41.3 Å².